The van der Waals surface area contributed by atoms with Crippen molar-refractivity contribution in [2.45, 2.75) is 18.4 Å². The molecule has 0 aliphatic rings. The molecule has 172 valence electrons. The maximum atomic E-state index is 13.4. The van der Waals surface area contributed by atoms with Crippen LogP contribution in [0.3, 0.4) is 0 Å². The van der Waals surface area contributed by atoms with Crippen molar-refractivity contribution < 1.29 is 17.9 Å². The molecule has 5 aromatic rings. The van der Waals surface area contributed by atoms with E-state index in [2.05, 4.69) is 4.98 Å². The first-order valence-electron chi connectivity index (χ1n) is 10.8. The van der Waals surface area contributed by atoms with Crippen LogP contribution in [-0.4, -0.2) is 24.5 Å². The third-order valence-electron chi connectivity index (χ3n) is 5.77. The Labute approximate surface area is 198 Å². The van der Waals surface area contributed by atoms with Crippen LogP contribution in [0.25, 0.3) is 22.2 Å². The SMILES string of the molecule is COc1cc2c(-c3cccn3S(=O)(=O)c3ccc(C)cc3)c[nH]c2cc1OCc1ccccc1. The fraction of sp³-hybridized carbons (Fsp3) is 0.111. The number of methoxy groups -OCH3 is 1. The minimum atomic E-state index is -3.75. The fourth-order valence-corrected chi connectivity index (χ4v) is 5.31. The summed E-state index contributed by atoms with van der Waals surface area (Å²) in [5.41, 5.74) is 4.19. The predicted molar refractivity (Wildman–Crippen MR) is 133 cm³/mol. The number of aromatic amines is 1. The van der Waals surface area contributed by atoms with Crippen LogP contribution < -0.4 is 9.47 Å². The number of ether oxygens (including phenoxy) is 2. The van der Waals surface area contributed by atoms with E-state index in [1.807, 2.05) is 55.6 Å². The second-order valence-electron chi connectivity index (χ2n) is 8.03. The molecule has 3 aromatic carbocycles. The number of fused-ring (bicyclic) bond motifs is 1. The molecule has 0 aliphatic carbocycles. The number of rotatable bonds is 7. The molecule has 2 aromatic heterocycles. The van der Waals surface area contributed by atoms with E-state index in [4.69, 9.17) is 9.47 Å². The fourth-order valence-electron chi connectivity index (χ4n) is 3.96. The lowest BCUT2D eigenvalue weighted by Crippen LogP contribution is -2.13. The van der Waals surface area contributed by atoms with Gasteiger partial charge in [0.1, 0.15) is 6.61 Å². The summed E-state index contributed by atoms with van der Waals surface area (Å²) in [5, 5.41) is 0.836. The zero-order valence-corrected chi connectivity index (χ0v) is 19.7. The van der Waals surface area contributed by atoms with Crippen molar-refractivity contribution >= 4 is 20.9 Å². The van der Waals surface area contributed by atoms with Gasteiger partial charge in [-0.05, 0) is 42.8 Å². The van der Waals surface area contributed by atoms with Crippen LogP contribution in [0.5, 0.6) is 11.5 Å². The van der Waals surface area contributed by atoms with Gasteiger partial charge in [-0.1, -0.05) is 48.0 Å². The summed E-state index contributed by atoms with van der Waals surface area (Å²) in [5.74, 6) is 1.18. The lowest BCUT2D eigenvalue weighted by molar-refractivity contribution is 0.285. The second-order valence-corrected chi connectivity index (χ2v) is 9.85. The monoisotopic (exact) mass is 472 g/mol. The van der Waals surface area contributed by atoms with Gasteiger partial charge < -0.3 is 14.5 Å². The van der Waals surface area contributed by atoms with E-state index in [1.165, 1.54) is 3.97 Å². The van der Waals surface area contributed by atoms with Crippen molar-refractivity contribution in [3.8, 4) is 22.8 Å². The van der Waals surface area contributed by atoms with Crippen LogP contribution in [0.2, 0.25) is 0 Å². The van der Waals surface area contributed by atoms with Crippen LogP contribution in [0.1, 0.15) is 11.1 Å². The Kier molecular flexibility index (Phi) is 5.63. The van der Waals surface area contributed by atoms with Crippen LogP contribution >= 0.6 is 0 Å². The summed E-state index contributed by atoms with van der Waals surface area (Å²) in [7, 11) is -2.16. The Morgan fingerprint density at radius 1 is 0.912 bits per heavy atom. The molecule has 6 nitrogen and oxygen atoms in total. The lowest BCUT2D eigenvalue weighted by Gasteiger charge is -2.13. The van der Waals surface area contributed by atoms with Gasteiger partial charge in [0, 0.05) is 29.4 Å². The molecule has 0 unspecified atom stereocenters. The summed E-state index contributed by atoms with van der Waals surface area (Å²) >= 11 is 0. The molecule has 0 spiro atoms. The molecular weight excluding hydrogens is 448 g/mol. The number of benzene rings is 3. The Morgan fingerprint density at radius 3 is 2.41 bits per heavy atom. The second kappa shape index (κ2) is 8.76. The highest BCUT2D eigenvalue weighted by Gasteiger charge is 2.22. The van der Waals surface area contributed by atoms with E-state index >= 15 is 0 Å². The largest absolute Gasteiger partial charge is 0.493 e. The van der Waals surface area contributed by atoms with Crippen LogP contribution in [0, 0.1) is 6.92 Å². The summed E-state index contributed by atoms with van der Waals surface area (Å²) < 4.78 is 39.7. The van der Waals surface area contributed by atoms with E-state index in [9.17, 15) is 8.42 Å². The van der Waals surface area contributed by atoms with Crippen LogP contribution in [0.4, 0.5) is 0 Å². The van der Waals surface area contributed by atoms with E-state index in [-0.39, 0.29) is 4.90 Å². The quantitative estimate of drug-likeness (QED) is 0.326. The molecule has 0 atom stereocenters. The molecule has 0 saturated carbocycles. The van der Waals surface area contributed by atoms with Gasteiger partial charge in [-0.2, -0.15) is 0 Å². The molecule has 0 saturated heterocycles. The lowest BCUT2D eigenvalue weighted by atomic mass is 10.1. The first-order chi connectivity index (χ1) is 16.5. The van der Waals surface area contributed by atoms with E-state index in [0.717, 1.165) is 27.6 Å². The smallest absolute Gasteiger partial charge is 0.268 e. The predicted octanol–water partition coefficient (Wildman–Crippen LogP) is 5.77. The average Bonchev–Trinajstić information content (AvgIpc) is 3.50. The van der Waals surface area contributed by atoms with Gasteiger partial charge >= 0.3 is 0 Å². The van der Waals surface area contributed by atoms with Crippen LogP contribution in [-0.2, 0) is 16.6 Å². The Morgan fingerprint density at radius 2 is 1.68 bits per heavy atom. The molecule has 1 N–H and O–H groups in total. The van der Waals surface area contributed by atoms with Gasteiger partial charge in [0.25, 0.3) is 10.0 Å². The standard InChI is InChI=1S/C27H24N2O4S/c1-19-10-12-21(13-11-19)34(30,31)29-14-6-9-25(29)23-17-28-24-16-27(26(32-2)15-22(23)24)33-18-20-7-4-3-5-8-20/h3-17,28H,18H2,1-2H3. The van der Waals surface area contributed by atoms with E-state index < -0.39 is 10.0 Å². The van der Waals surface area contributed by atoms with Crippen molar-refractivity contribution in [3.63, 3.8) is 0 Å². The van der Waals surface area contributed by atoms with Crippen molar-refractivity contribution in [2.75, 3.05) is 7.11 Å². The summed E-state index contributed by atoms with van der Waals surface area (Å²) in [6.45, 7) is 2.34. The molecule has 0 fully saturated rings. The zero-order valence-electron chi connectivity index (χ0n) is 18.9. The number of aromatic nitrogens is 2. The Balaban J connectivity index is 1.54. The van der Waals surface area contributed by atoms with Gasteiger partial charge in [-0.15, -0.1) is 0 Å². The summed E-state index contributed by atoms with van der Waals surface area (Å²) in [6, 6.07) is 24.0. The normalized spacial score (nSPS) is 11.6. The van der Waals surface area contributed by atoms with Crippen molar-refractivity contribution in [2.24, 2.45) is 0 Å². The number of H-pyrrole nitrogens is 1. The van der Waals surface area contributed by atoms with Gasteiger partial charge in [0.05, 0.1) is 23.2 Å². The molecule has 7 heteroatoms. The third kappa shape index (κ3) is 3.95. The first-order valence-corrected chi connectivity index (χ1v) is 12.3. The number of nitrogens with zero attached hydrogens (tertiary/aromatic N) is 1. The average molecular weight is 473 g/mol. The van der Waals surface area contributed by atoms with Gasteiger partial charge in [0.15, 0.2) is 11.5 Å². The third-order valence-corrected chi connectivity index (χ3v) is 7.47. The molecule has 5 rings (SSSR count). The number of nitrogens with one attached hydrogen (secondary N) is 1. The first kappa shape index (κ1) is 21.9. The van der Waals surface area contributed by atoms with Gasteiger partial charge in [0.2, 0.25) is 0 Å². The molecule has 0 radical (unpaired) electrons. The molecule has 0 aliphatic heterocycles. The van der Waals surface area contributed by atoms with Gasteiger partial charge in [-0.3, -0.25) is 0 Å². The maximum Gasteiger partial charge on any atom is 0.268 e. The number of aryl methyl sites for hydroxylation is 1. The van der Waals surface area contributed by atoms with Crippen molar-refractivity contribution in [3.05, 3.63) is 102 Å². The maximum absolute atomic E-state index is 13.4. The van der Waals surface area contributed by atoms with E-state index in [0.29, 0.717) is 23.8 Å². The minimum absolute atomic E-state index is 0.240. The number of hydrogen-bond acceptors (Lipinski definition) is 4. The topological polar surface area (TPSA) is 73.3 Å². The highest BCUT2D eigenvalue weighted by atomic mass is 32.2. The van der Waals surface area contributed by atoms with Gasteiger partial charge in [-0.25, -0.2) is 12.4 Å². The van der Waals surface area contributed by atoms with Crippen LogP contribution in [0.15, 0.2) is 96.2 Å². The minimum Gasteiger partial charge on any atom is -0.493 e. The molecule has 2 heterocycles. The highest BCUT2D eigenvalue weighted by Crippen LogP contribution is 2.38. The molecule has 0 amide bonds. The molecule has 0 bridgehead atoms. The summed E-state index contributed by atoms with van der Waals surface area (Å²) in [6.07, 6.45) is 3.37. The number of hydrogen-bond donors (Lipinski definition) is 1. The van der Waals surface area contributed by atoms with E-state index in [1.54, 1.807) is 49.7 Å². The van der Waals surface area contributed by atoms with Crippen molar-refractivity contribution in [1.82, 2.24) is 8.96 Å². The molecule has 34 heavy (non-hydrogen) atoms. The molecular formula is C27H24N2O4S. The zero-order chi connectivity index (χ0) is 23.7. The summed E-state index contributed by atoms with van der Waals surface area (Å²) in [4.78, 5) is 3.49. The Hall–Kier alpha value is -3.97. The highest BCUT2D eigenvalue weighted by molar-refractivity contribution is 7.90. The van der Waals surface area contributed by atoms with Crippen molar-refractivity contribution in [1.29, 1.82) is 0 Å². The Bertz CT molecular complexity index is 1550.